The average Bonchev–Trinajstić information content (AvgIpc) is 2.92. The Morgan fingerprint density at radius 1 is 0.921 bits per heavy atom. The van der Waals surface area contributed by atoms with Gasteiger partial charge in [0.25, 0.3) is 0 Å². The molecule has 4 nitrogen and oxygen atoms in total. The van der Waals surface area contributed by atoms with E-state index in [4.69, 9.17) is 9.97 Å². The fraction of sp³-hybridized carbons (Fsp3) is 0.529. The Labute approximate surface area is 230 Å². The summed E-state index contributed by atoms with van der Waals surface area (Å²) in [5, 5.41) is 3.91. The van der Waals surface area contributed by atoms with Crippen molar-refractivity contribution in [3.63, 3.8) is 0 Å². The molecule has 3 aromatic rings. The van der Waals surface area contributed by atoms with Gasteiger partial charge in [-0.2, -0.15) is 0 Å². The first-order chi connectivity index (χ1) is 18.5. The molecule has 1 saturated heterocycles. The maximum atomic E-state index is 5.40. The van der Waals surface area contributed by atoms with Crippen molar-refractivity contribution in [2.45, 2.75) is 85.6 Å². The third-order valence-electron chi connectivity index (χ3n) is 8.72. The van der Waals surface area contributed by atoms with E-state index in [9.17, 15) is 0 Å². The van der Waals surface area contributed by atoms with Crippen LogP contribution in [-0.4, -0.2) is 29.6 Å². The zero-order chi connectivity index (χ0) is 26.6. The number of aryl methyl sites for hydroxylation is 4. The van der Waals surface area contributed by atoms with Crippen LogP contribution < -0.4 is 10.2 Å². The molecule has 1 aromatic heterocycles. The summed E-state index contributed by atoms with van der Waals surface area (Å²) < 4.78 is 0. The quantitative estimate of drug-likeness (QED) is 0.346. The van der Waals surface area contributed by atoms with Gasteiger partial charge in [0.05, 0.1) is 0 Å². The van der Waals surface area contributed by atoms with Crippen LogP contribution in [0.1, 0.15) is 86.5 Å². The molecule has 1 aliphatic carbocycles. The maximum absolute atomic E-state index is 5.40. The summed E-state index contributed by atoms with van der Waals surface area (Å²) in [5.41, 5.74) is 9.40. The maximum Gasteiger partial charge on any atom is 0.162 e. The molecule has 2 heterocycles. The number of nitrogens with zero attached hydrogens (tertiary/aromatic N) is 3. The highest BCUT2D eigenvalue weighted by molar-refractivity contribution is 5.68. The highest BCUT2D eigenvalue weighted by atomic mass is 15.2. The largest absolute Gasteiger partial charge is 0.356 e. The number of piperidine rings is 1. The van der Waals surface area contributed by atoms with Gasteiger partial charge in [-0.3, -0.25) is 0 Å². The van der Waals surface area contributed by atoms with Crippen LogP contribution in [0.25, 0.3) is 11.4 Å². The van der Waals surface area contributed by atoms with Crippen molar-refractivity contribution in [3.8, 4) is 11.4 Å². The Kier molecular flexibility index (Phi) is 8.48. The van der Waals surface area contributed by atoms with Crippen LogP contribution in [-0.2, 0) is 25.7 Å². The van der Waals surface area contributed by atoms with E-state index < -0.39 is 0 Å². The molecule has 0 spiro atoms. The highest BCUT2D eigenvalue weighted by Gasteiger charge is 2.27. The van der Waals surface area contributed by atoms with Gasteiger partial charge < -0.3 is 10.2 Å². The van der Waals surface area contributed by atoms with Crippen molar-refractivity contribution in [2.24, 2.45) is 11.8 Å². The molecule has 1 N–H and O–H groups in total. The topological polar surface area (TPSA) is 41.1 Å². The molecular formula is C34H46N4. The van der Waals surface area contributed by atoms with E-state index in [1.54, 1.807) is 0 Å². The summed E-state index contributed by atoms with van der Waals surface area (Å²) in [6.45, 7) is 14.6. The number of benzene rings is 2. The summed E-state index contributed by atoms with van der Waals surface area (Å²) in [5.74, 6) is 3.44. The fourth-order valence-electron chi connectivity index (χ4n) is 6.95. The van der Waals surface area contributed by atoms with Crippen LogP contribution in [0.4, 0.5) is 5.82 Å². The molecule has 4 heteroatoms. The highest BCUT2D eigenvalue weighted by Crippen LogP contribution is 2.34. The van der Waals surface area contributed by atoms with E-state index in [-0.39, 0.29) is 0 Å². The molecule has 0 saturated carbocycles. The number of fused-ring (bicyclic) bond motifs is 1. The van der Waals surface area contributed by atoms with Gasteiger partial charge in [-0.1, -0.05) is 70.2 Å². The SMILES string of the molecule is CCc1cccc(CC)c1-c1nc(C)c(CCN[C@H]2CCCc3ccccc32)c(N2CC(C)CC(C)C2)n1. The van der Waals surface area contributed by atoms with E-state index >= 15 is 0 Å². The lowest BCUT2D eigenvalue weighted by molar-refractivity contribution is 0.354. The van der Waals surface area contributed by atoms with Crippen LogP contribution >= 0.6 is 0 Å². The van der Waals surface area contributed by atoms with Gasteiger partial charge in [-0.25, -0.2) is 9.97 Å². The number of aromatic nitrogens is 2. The second-order valence-corrected chi connectivity index (χ2v) is 11.8. The number of hydrogen-bond acceptors (Lipinski definition) is 4. The summed E-state index contributed by atoms with van der Waals surface area (Å²) in [4.78, 5) is 13.2. The number of anilines is 1. The predicted octanol–water partition coefficient (Wildman–Crippen LogP) is 7.27. The lowest BCUT2D eigenvalue weighted by Crippen LogP contribution is -2.40. The van der Waals surface area contributed by atoms with Gasteiger partial charge in [0.15, 0.2) is 5.82 Å². The monoisotopic (exact) mass is 510 g/mol. The summed E-state index contributed by atoms with van der Waals surface area (Å²) in [6.07, 6.45) is 7.92. The van der Waals surface area contributed by atoms with Gasteiger partial charge in [0.1, 0.15) is 5.82 Å². The fourth-order valence-corrected chi connectivity index (χ4v) is 6.95. The lowest BCUT2D eigenvalue weighted by Gasteiger charge is -2.37. The van der Waals surface area contributed by atoms with E-state index in [0.717, 1.165) is 50.4 Å². The van der Waals surface area contributed by atoms with Gasteiger partial charge in [0.2, 0.25) is 0 Å². The first kappa shape index (κ1) is 26.9. The standard InChI is InChI=1S/C34H46N4/c1-6-26-13-10-14-27(7-2)32(26)33-36-25(5)29(34(37-33)38-21-23(3)20-24(4)22-38)18-19-35-31-17-11-15-28-12-8-9-16-30(28)31/h8-10,12-14,16,23-24,31,35H,6-7,11,15,17-22H2,1-5H3/t23?,24?,31-/m0/s1. The van der Waals surface area contributed by atoms with Crippen LogP contribution in [0.3, 0.4) is 0 Å². The van der Waals surface area contributed by atoms with E-state index in [1.807, 2.05) is 0 Å². The molecule has 2 aromatic carbocycles. The number of hydrogen-bond donors (Lipinski definition) is 1. The van der Waals surface area contributed by atoms with Crippen molar-refractivity contribution < 1.29 is 0 Å². The zero-order valence-electron chi connectivity index (χ0n) is 24.2. The molecular weight excluding hydrogens is 464 g/mol. The van der Waals surface area contributed by atoms with E-state index in [1.165, 1.54) is 64.9 Å². The smallest absolute Gasteiger partial charge is 0.162 e. The van der Waals surface area contributed by atoms with Crippen LogP contribution in [0.5, 0.6) is 0 Å². The molecule has 2 unspecified atom stereocenters. The van der Waals surface area contributed by atoms with Crippen molar-refractivity contribution in [1.82, 2.24) is 15.3 Å². The third kappa shape index (κ3) is 5.66. The minimum absolute atomic E-state index is 0.447. The third-order valence-corrected chi connectivity index (χ3v) is 8.72. The van der Waals surface area contributed by atoms with Gasteiger partial charge in [0, 0.05) is 36.0 Å². The molecule has 3 atom stereocenters. The normalized spacial score (nSPS) is 21.4. The molecule has 38 heavy (non-hydrogen) atoms. The predicted molar refractivity (Wildman–Crippen MR) is 160 cm³/mol. The zero-order valence-corrected chi connectivity index (χ0v) is 24.2. The van der Waals surface area contributed by atoms with Gasteiger partial charge in [-0.05, 0) is 92.5 Å². The molecule has 2 aliphatic rings. The van der Waals surface area contributed by atoms with Crippen molar-refractivity contribution in [3.05, 3.63) is 76.0 Å². The summed E-state index contributed by atoms with van der Waals surface area (Å²) in [6, 6.07) is 16.1. The Morgan fingerprint density at radius 3 is 2.34 bits per heavy atom. The average molecular weight is 511 g/mol. The Balaban J connectivity index is 1.48. The van der Waals surface area contributed by atoms with Gasteiger partial charge in [-0.15, -0.1) is 0 Å². The minimum Gasteiger partial charge on any atom is -0.356 e. The van der Waals surface area contributed by atoms with Gasteiger partial charge >= 0.3 is 0 Å². The van der Waals surface area contributed by atoms with Crippen molar-refractivity contribution >= 4 is 5.82 Å². The van der Waals surface area contributed by atoms with Crippen LogP contribution in [0.15, 0.2) is 42.5 Å². The molecule has 0 bridgehead atoms. The Hall–Kier alpha value is -2.72. The van der Waals surface area contributed by atoms with Crippen LogP contribution in [0, 0.1) is 18.8 Å². The summed E-state index contributed by atoms with van der Waals surface area (Å²) in [7, 11) is 0. The Morgan fingerprint density at radius 2 is 1.63 bits per heavy atom. The minimum atomic E-state index is 0.447. The summed E-state index contributed by atoms with van der Waals surface area (Å²) >= 11 is 0. The van der Waals surface area contributed by atoms with Crippen LogP contribution in [0.2, 0.25) is 0 Å². The molecule has 0 radical (unpaired) electrons. The first-order valence-corrected chi connectivity index (χ1v) is 15.0. The second kappa shape index (κ2) is 12.0. The molecule has 5 rings (SSSR count). The number of rotatable bonds is 8. The molecule has 1 fully saturated rings. The molecule has 202 valence electrons. The number of nitrogens with one attached hydrogen (secondary N) is 1. The van der Waals surface area contributed by atoms with Crippen molar-refractivity contribution in [1.29, 1.82) is 0 Å². The van der Waals surface area contributed by atoms with E-state index in [2.05, 4.69) is 87.3 Å². The molecule has 1 aliphatic heterocycles. The van der Waals surface area contributed by atoms with E-state index in [0.29, 0.717) is 17.9 Å². The van der Waals surface area contributed by atoms with Crippen molar-refractivity contribution in [2.75, 3.05) is 24.5 Å². The second-order valence-electron chi connectivity index (χ2n) is 11.8. The Bertz CT molecular complexity index is 1220. The molecule has 0 amide bonds. The first-order valence-electron chi connectivity index (χ1n) is 15.0. The lowest BCUT2D eigenvalue weighted by atomic mass is 9.87.